The molecule has 0 saturated carbocycles. The maximum atomic E-state index is 13.3. The van der Waals surface area contributed by atoms with Gasteiger partial charge in [0.15, 0.2) is 14.6 Å². The minimum atomic E-state index is -3.99. The lowest BCUT2D eigenvalue weighted by atomic mass is 9.98. The summed E-state index contributed by atoms with van der Waals surface area (Å²) in [5.74, 6) is -0.903. The molecule has 2 aliphatic heterocycles. The highest BCUT2D eigenvalue weighted by molar-refractivity contribution is 7.93. The van der Waals surface area contributed by atoms with Gasteiger partial charge < -0.3 is 14.4 Å². The zero-order valence-electron chi connectivity index (χ0n) is 17.9. The Kier molecular flexibility index (Phi) is 9.57. The molecule has 0 spiro atoms. The number of hydroxylamine groups is 1. The predicted molar refractivity (Wildman–Crippen MR) is 120 cm³/mol. The molecule has 0 atom stereocenters. The van der Waals surface area contributed by atoms with Crippen molar-refractivity contribution in [1.82, 2.24) is 5.48 Å². The SMILES string of the molecule is CCCCOC1CCN(c2ccc(S(=O)(=O)C3(C(=O)NO)CCOCC3)cc2)CC1.Cl. The molecule has 1 aromatic carbocycles. The van der Waals surface area contributed by atoms with Crippen LogP contribution in [0.2, 0.25) is 0 Å². The van der Waals surface area contributed by atoms with Crippen LogP contribution in [0.3, 0.4) is 0 Å². The normalized spacial score (nSPS) is 19.5. The quantitative estimate of drug-likeness (QED) is 0.337. The van der Waals surface area contributed by atoms with Crippen molar-refractivity contribution in [3.05, 3.63) is 24.3 Å². The van der Waals surface area contributed by atoms with E-state index in [0.717, 1.165) is 51.1 Å². The number of sulfone groups is 1. The lowest BCUT2D eigenvalue weighted by Crippen LogP contribution is -2.54. The van der Waals surface area contributed by atoms with Gasteiger partial charge >= 0.3 is 0 Å². The van der Waals surface area contributed by atoms with Gasteiger partial charge in [-0.15, -0.1) is 12.4 Å². The summed E-state index contributed by atoms with van der Waals surface area (Å²) in [6, 6.07) is 6.68. The van der Waals surface area contributed by atoms with Crippen LogP contribution in [0.4, 0.5) is 5.69 Å². The minimum Gasteiger partial charge on any atom is -0.381 e. The van der Waals surface area contributed by atoms with Crippen molar-refractivity contribution in [3.8, 4) is 0 Å². The molecular formula is C21H33ClN2O6S. The molecule has 0 unspecified atom stereocenters. The van der Waals surface area contributed by atoms with Gasteiger partial charge in [-0.1, -0.05) is 13.3 Å². The second-order valence-corrected chi connectivity index (χ2v) is 10.2. The number of anilines is 1. The van der Waals surface area contributed by atoms with E-state index in [0.29, 0.717) is 0 Å². The van der Waals surface area contributed by atoms with E-state index in [1.807, 2.05) is 0 Å². The molecule has 1 amide bonds. The van der Waals surface area contributed by atoms with Crippen molar-refractivity contribution in [1.29, 1.82) is 0 Å². The number of ether oxygens (including phenoxy) is 2. The summed E-state index contributed by atoms with van der Waals surface area (Å²) in [5, 5.41) is 9.14. The van der Waals surface area contributed by atoms with Crippen molar-refractivity contribution in [3.63, 3.8) is 0 Å². The van der Waals surface area contributed by atoms with Gasteiger partial charge in [0.1, 0.15) is 0 Å². The number of carbonyl (C=O) groups is 1. The molecule has 0 aliphatic carbocycles. The summed E-state index contributed by atoms with van der Waals surface area (Å²) in [6.07, 6.45) is 4.41. The first kappa shape index (κ1) is 25.9. The van der Waals surface area contributed by atoms with Crippen LogP contribution in [-0.4, -0.2) is 63.3 Å². The molecule has 2 N–H and O–H groups in total. The average Bonchev–Trinajstić information content (AvgIpc) is 2.79. The first-order valence-corrected chi connectivity index (χ1v) is 12.2. The van der Waals surface area contributed by atoms with Gasteiger partial charge in [-0.2, -0.15) is 0 Å². The molecule has 8 nitrogen and oxygen atoms in total. The van der Waals surface area contributed by atoms with Crippen LogP contribution in [0.5, 0.6) is 0 Å². The van der Waals surface area contributed by atoms with Crippen LogP contribution in [0.25, 0.3) is 0 Å². The van der Waals surface area contributed by atoms with E-state index in [9.17, 15) is 13.2 Å². The van der Waals surface area contributed by atoms with Gasteiger partial charge in [0.05, 0.1) is 11.0 Å². The lowest BCUT2D eigenvalue weighted by Gasteiger charge is -2.35. The number of amides is 1. The molecule has 0 bridgehead atoms. The molecule has 31 heavy (non-hydrogen) atoms. The van der Waals surface area contributed by atoms with Gasteiger partial charge in [0.2, 0.25) is 0 Å². The van der Waals surface area contributed by atoms with Crippen molar-refractivity contribution < 1.29 is 27.9 Å². The van der Waals surface area contributed by atoms with Crippen molar-refractivity contribution >= 4 is 33.8 Å². The fourth-order valence-corrected chi connectivity index (χ4v) is 6.10. The van der Waals surface area contributed by atoms with Crippen LogP contribution >= 0.6 is 12.4 Å². The molecule has 10 heteroatoms. The first-order chi connectivity index (χ1) is 14.4. The van der Waals surface area contributed by atoms with Crippen LogP contribution < -0.4 is 10.4 Å². The number of rotatable bonds is 8. The van der Waals surface area contributed by atoms with E-state index >= 15 is 0 Å². The Bertz CT molecular complexity index is 804. The zero-order valence-corrected chi connectivity index (χ0v) is 19.6. The van der Waals surface area contributed by atoms with Gasteiger partial charge in [-0.25, -0.2) is 13.9 Å². The highest BCUT2D eigenvalue weighted by Gasteiger charge is 2.52. The molecule has 0 radical (unpaired) electrons. The van der Waals surface area contributed by atoms with E-state index in [-0.39, 0.29) is 49.5 Å². The molecule has 176 valence electrons. The van der Waals surface area contributed by atoms with Crippen LogP contribution in [0, 0.1) is 0 Å². The fourth-order valence-electron chi connectivity index (χ4n) is 4.16. The Labute approximate surface area is 190 Å². The van der Waals surface area contributed by atoms with E-state index in [1.54, 1.807) is 29.7 Å². The summed E-state index contributed by atoms with van der Waals surface area (Å²) in [5.41, 5.74) is 2.50. The van der Waals surface area contributed by atoms with Crippen molar-refractivity contribution in [2.75, 3.05) is 37.8 Å². The number of hydrogen-bond acceptors (Lipinski definition) is 7. The number of nitrogens with one attached hydrogen (secondary N) is 1. The van der Waals surface area contributed by atoms with Gasteiger partial charge in [-0.3, -0.25) is 10.0 Å². The van der Waals surface area contributed by atoms with E-state index in [2.05, 4.69) is 11.8 Å². The standard InChI is InChI=1S/C21H32N2O6S.ClH/c1-2-3-14-29-18-8-12-23(13-9-18)17-4-6-19(7-5-17)30(26,27)21(20(24)22-25)10-15-28-16-11-21;/h4-7,18,25H,2-3,8-16H2,1H3,(H,22,24);1H. The Morgan fingerprint density at radius 2 is 1.84 bits per heavy atom. The topological polar surface area (TPSA) is 105 Å². The number of hydrogen-bond donors (Lipinski definition) is 2. The molecule has 2 fully saturated rings. The Morgan fingerprint density at radius 1 is 1.23 bits per heavy atom. The van der Waals surface area contributed by atoms with E-state index in [4.69, 9.17) is 14.7 Å². The number of carbonyl (C=O) groups excluding carboxylic acids is 1. The summed E-state index contributed by atoms with van der Waals surface area (Å²) in [7, 11) is -3.99. The number of nitrogens with zero attached hydrogens (tertiary/aromatic N) is 1. The predicted octanol–water partition coefficient (Wildman–Crippen LogP) is 2.72. The Morgan fingerprint density at radius 3 is 2.39 bits per heavy atom. The number of piperidine rings is 1. The summed E-state index contributed by atoms with van der Waals surface area (Å²) >= 11 is 0. The summed E-state index contributed by atoms with van der Waals surface area (Å²) in [6.45, 7) is 4.98. The summed E-state index contributed by atoms with van der Waals surface area (Å²) < 4.78 is 36.1. The average molecular weight is 477 g/mol. The molecule has 2 saturated heterocycles. The number of halogens is 1. The smallest absolute Gasteiger partial charge is 0.265 e. The Balaban J connectivity index is 0.00000341. The lowest BCUT2D eigenvalue weighted by molar-refractivity contribution is -0.134. The zero-order chi connectivity index (χ0) is 21.6. The van der Waals surface area contributed by atoms with Gasteiger partial charge in [0, 0.05) is 38.6 Å². The number of benzene rings is 1. The van der Waals surface area contributed by atoms with E-state index < -0.39 is 20.5 Å². The largest absolute Gasteiger partial charge is 0.381 e. The number of unbranched alkanes of at least 4 members (excludes halogenated alkanes) is 1. The third-order valence-corrected chi connectivity index (χ3v) is 8.65. The van der Waals surface area contributed by atoms with Crippen LogP contribution in [0.15, 0.2) is 29.2 Å². The highest BCUT2D eigenvalue weighted by atomic mass is 35.5. The molecule has 3 rings (SSSR count). The maximum Gasteiger partial charge on any atom is 0.265 e. The molecule has 2 aliphatic rings. The van der Waals surface area contributed by atoms with Crippen LogP contribution in [-0.2, 0) is 24.1 Å². The summed E-state index contributed by atoms with van der Waals surface area (Å²) in [4.78, 5) is 14.6. The maximum absolute atomic E-state index is 13.3. The molecule has 2 heterocycles. The molecule has 1 aromatic rings. The minimum absolute atomic E-state index is 0. The first-order valence-electron chi connectivity index (χ1n) is 10.7. The molecule has 0 aromatic heterocycles. The van der Waals surface area contributed by atoms with Crippen molar-refractivity contribution in [2.24, 2.45) is 0 Å². The Hall–Kier alpha value is -1.39. The third kappa shape index (κ3) is 5.51. The van der Waals surface area contributed by atoms with Gasteiger partial charge in [-0.05, 0) is 56.4 Å². The van der Waals surface area contributed by atoms with Crippen LogP contribution in [0.1, 0.15) is 45.4 Å². The van der Waals surface area contributed by atoms with Gasteiger partial charge in [0.25, 0.3) is 5.91 Å². The third-order valence-electron chi connectivity index (χ3n) is 6.14. The fraction of sp³-hybridized carbons (Fsp3) is 0.667. The van der Waals surface area contributed by atoms with E-state index in [1.165, 1.54) is 0 Å². The molecular weight excluding hydrogens is 444 g/mol. The monoisotopic (exact) mass is 476 g/mol. The highest BCUT2D eigenvalue weighted by Crippen LogP contribution is 2.36. The second-order valence-electron chi connectivity index (χ2n) is 7.96. The second kappa shape index (κ2) is 11.5. The van der Waals surface area contributed by atoms with Crippen molar-refractivity contribution in [2.45, 2.75) is 61.2 Å².